The van der Waals surface area contributed by atoms with Gasteiger partial charge in [-0.15, -0.1) is 0 Å². The first-order chi connectivity index (χ1) is 9.35. The molecule has 0 aromatic heterocycles. The van der Waals surface area contributed by atoms with Crippen molar-refractivity contribution < 1.29 is 9.59 Å². The lowest BCUT2D eigenvalue weighted by Crippen LogP contribution is -2.39. The average Bonchev–Trinajstić information content (AvgIpc) is 2.39. The molecule has 0 spiro atoms. The second-order valence-corrected chi connectivity index (χ2v) is 5.24. The van der Waals surface area contributed by atoms with Crippen molar-refractivity contribution in [3.8, 4) is 0 Å². The molecule has 0 unspecified atom stereocenters. The van der Waals surface area contributed by atoms with E-state index < -0.39 is 0 Å². The van der Waals surface area contributed by atoms with E-state index in [2.05, 4.69) is 16.0 Å². The molecule has 1 aromatic rings. The molecule has 0 heterocycles. The Hall–Kier alpha value is -2.04. The fraction of sp³-hybridized carbons (Fsp3) is 0.467. The van der Waals surface area contributed by atoms with Gasteiger partial charge in [0.05, 0.1) is 0 Å². The predicted molar refractivity (Wildman–Crippen MR) is 81.0 cm³/mol. The van der Waals surface area contributed by atoms with Crippen LogP contribution >= 0.6 is 0 Å². The van der Waals surface area contributed by atoms with Gasteiger partial charge in [-0.1, -0.05) is 13.8 Å². The fourth-order valence-corrected chi connectivity index (χ4v) is 1.62. The summed E-state index contributed by atoms with van der Waals surface area (Å²) in [6, 6.07) is 5.04. The van der Waals surface area contributed by atoms with Gasteiger partial charge in [-0.05, 0) is 43.5 Å². The third-order valence-corrected chi connectivity index (χ3v) is 3.32. The van der Waals surface area contributed by atoms with Gasteiger partial charge in [0.2, 0.25) is 0 Å². The molecule has 0 bridgehead atoms. The van der Waals surface area contributed by atoms with Gasteiger partial charge in [0.15, 0.2) is 0 Å². The maximum atomic E-state index is 11.9. The molecule has 0 saturated carbocycles. The van der Waals surface area contributed by atoms with Crippen LogP contribution in [0.2, 0.25) is 0 Å². The molecule has 0 aliphatic carbocycles. The van der Waals surface area contributed by atoms with Crippen LogP contribution in [-0.4, -0.2) is 25.0 Å². The lowest BCUT2D eigenvalue weighted by atomic mass is 10.1. The number of nitrogens with one attached hydrogen (secondary N) is 3. The highest BCUT2D eigenvalue weighted by Gasteiger charge is 2.12. The summed E-state index contributed by atoms with van der Waals surface area (Å²) in [7, 11) is 1.59. The number of urea groups is 1. The Morgan fingerprint density at radius 1 is 1.15 bits per heavy atom. The van der Waals surface area contributed by atoms with E-state index in [0.29, 0.717) is 17.2 Å². The van der Waals surface area contributed by atoms with E-state index in [9.17, 15) is 9.59 Å². The monoisotopic (exact) mass is 277 g/mol. The van der Waals surface area contributed by atoms with Crippen LogP contribution in [0.4, 0.5) is 10.5 Å². The number of rotatable bonds is 4. The molecule has 0 radical (unpaired) electrons. The highest BCUT2D eigenvalue weighted by molar-refractivity contribution is 5.96. The second kappa shape index (κ2) is 6.93. The van der Waals surface area contributed by atoms with Crippen molar-refractivity contribution in [1.82, 2.24) is 10.6 Å². The average molecular weight is 277 g/mol. The Labute approximate surface area is 120 Å². The van der Waals surface area contributed by atoms with Crippen LogP contribution in [-0.2, 0) is 0 Å². The highest BCUT2D eigenvalue weighted by atomic mass is 16.2. The number of carbonyl (C=O) groups is 2. The third-order valence-electron chi connectivity index (χ3n) is 3.32. The van der Waals surface area contributed by atoms with Crippen molar-refractivity contribution in [2.45, 2.75) is 33.7 Å². The molecular formula is C15H23N3O2. The standard InChI is InChI=1S/C15H23N3O2/c1-9(2)11(4)17-15(20)18-13-7-6-12(8-10(13)3)14(19)16-5/h6-9,11H,1-5H3,(H,16,19)(H2,17,18,20)/t11-/m1/s1. The quantitative estimate of drug-likeness (QED) is 0.791. The molecular weight excluding hydrogens is 254 g/mol. The Morgan fingerprint density at radius 3 is 2.30 bits per heavy atom. The van der Waals surface area contributed by atoms with Crippen LogP contribution in [0.15, 0.2) is 18.2 Å². The molecule has 0 aliphatic heterocycles. The minimum Gasteiger partial charge on any atom is -0.355 e. The number of hydrogen-bond donors (Lipinski definition) is 3. The van der Waals surface area contributed by atoms with Crippen molar-refractivity contribution in [3.63, 3.8) is 0 Å². The summed E-state index contributed by atoms with van der Waals surface area (Å²) in [5.74, 6) is 0.231. The number of amides is 3. The summed E-state index contributed by atoms with van der Waals surface area (Å²) in [5.41, 5.74) is 2.12. The van der Waals surface area contributed by atoms with Crippen LogP contribution in [0.5, 0.6) is 0 Å². The maximum Gasteiger partial charge on any atom is 0.319 e. The normalized spacial score (nSPS) is 11.9. The smallest absolute Gasteiger partial charge is 0.319 e. The molecule has 1 rings (SSSR count). The van der Waals surface area contributed by atoms with Gasteiger partial charge < -0.3 is 16.0 Å². The molecule has 5 nitrogen and oxygen atoms in total. The number of carbonyl (C=O) groups excluding carboxylic acids is 2. The van der Waals surface area contributed by atoms with Crippen LogP contribution < -0.4 is 16.0 Å². The van der Waals surface area contributed by atoms with Gasteiger partial charge in [0.25, 0.3) is 5.91 Å². The summed E-state index contributed by atoms with van der Waals surface area (Å²) < 4.78 is 0. The van der Waals surface area contributed by atoms with E-state index in [1.54, 1.807) is 25.2 Å². The van der Waals surface area contributed by atoms with Crippen molar-refractivity contribution in [3.05, 3.63) is 29.3 Å². The zero-order valence-electron chi connectivity index (χ0n) is 12.7. The minimum absolute atomic E-state index is 0.0976. The van der Waals surface area contributed by atoms with E-state index in [1.807, 2.05) is 27.7 Å². The number of aryl methyl sites for hydroxylation is 1. The molecule has 3 amide bonds. The van der Waals surface area contributed by atoms with E-state index in [-0.39, 0.29) is 18.0 Å². The summed E-state index contributed by atoms with van der Waals surface area (Å²) in [5, 5.41) is 8.24. The molecule has 20 heavy (non-hydrogen) atoms. The first-order valence-corrected chi connectivity index (χ1v) is 6.75. The Bertz CT molecular complexity index is 498. The van der Waals surface area contributed by atoms with Gasteiger partial charge in [0.1, 0.15) is 0 Å². The van der Waals surface area contributed by atoms with Gasteiger partial charge >= 0.3 is 6.03 Å². The van der Waals surface area contributed by atoms with Gasteiger partial charge in [0, 0.05) is 24.3 Å². The van der Waals surface area contributed by atoms with Crippen molar-refractivity contribution in [2.24, 2.45) is 5.92 Å². The predicted octanol–water partition coefficient (Wildman–Crippen LogP) is 2.52. The SMILES string of the molecule is CNC(=O)c1ccc(NC(=O)N[C@H](C)C(C)C)c(C)c1. The zero-order chi connectivity index (χ0) is 15.3. The van der Waals surface area contributed by atoms with Crippen LogP contribution in [0.3, 0.4) is 0 Å². The number of anilines is 1. The summed E-state index contributed by atoms with van der Waals surface area (Å²) in [6.07, 6.45) is 0. The van der Waals surface area contributed by atoms with Crippen LogP contribution in [0.25, 0.3) is 0 Å². The highest BCUT2D eigenvalue weighted by Crippen LogP contribution is 2.16. The van der Waals surface area contributed by atoms with Crippen molar-refractivity contribution in [2.75, 3.05) is 12.4 Å². The van der Waals surface area contributed by atoms with E-state index in [0.717, 1.165) is 5.56 Å². The fourth-order valence-electron chi connectivity index (χ4n) is 1.62. The van der Waals surface area contributed by atoms with Crippen molar-refractivity contribution >= 4 is 17.6 Å². The second-order valence-electron chi connectivity index (χ2n) is 5.24. The number of hydrogen-bond acceptors (Lipinski definition) is 2. The molecule has 110 valence electrons. The first kappa shape index (κ1) is 16.0. The summed E-state index contributed by atoms with van der Waals surface area (Å²) in [6.45, 7) is 7.92. The molecule has 5 heteroatoms. The molecule has 1 atom stereocenters. The van der Waals surface area contributed by atoms with E-state index in [1.165, 1.54) is 0 Å². The Morgan fingerprint density at radius 2 is 1.80 bits per heavy atom. The molecule has 1 aromatic carbocycles. The topological polar surface area (TPSA) is 70.2 Å². The minimum atomic E-state index is -0.234. The van der Waals surface area contributed by atoms with E-state index in [4.69, 9.17) is 0 Å². The van der Waals surface area contributed by atoms with Gasteiger partial charge in [-0.25, -0.2) is 4.79 Å². The first-order valence-electron chi connectivity index (χ1n) is 6.75. The lowest BCUT2D eigenvalue weighted by molar-refractivity contribution is 0.0963. The molecule has 3 N–H and O–H groups in total. The van der Waals surface area contributed by atoms with Crippen LogP contribution in [0, 0.1) is 12.8 Å². The largest absolute Gasteiger partial charge is 0.355 e. The van der Waals surface area contributed by atoms with Gasteiger partial charge in [-0.3, -0.25) is 4.79 Å². The Kier molecular flexibility index (Phi) is 5.55. The summed E-state index contributed by atoms with van der Waals surface area (Å²) >= 11 is 0. The van der Waals surface area contributed by atoms with Crippen molar-refractivity contribution in [1.29, 1.82) is 0 Å². The Balaban J connectivity index is 2.74. The maximum absolute atomic E-state index is 11.9. The molecule has 0 fully saturated rings. The zero-order valence-corrected chi connectivity index (χ0v) is 12.7. The lowest BCUT2D eigenvalue weighted by Gasteiger charge is -2.18. The van der Waals surface area contributed by atoms with Crippen LogP contribution in [0.1, 0.15) is 36.7 Å². The van der Waals surface area contributed by atoms with Gasteiger partial charge in [-0.2, -0.15) is 0 Å². The van der Waals surface area contributed by atoms with E-state index >= 15 is 0 Å². The molecule has 0 saturated heterocycles. The summed E-state index contributed by atoms with van der Waals surface area (Å²) in [4.78, 5) is 23.4. The molecule has 0 aliphatic rings. The third kappa shape index (κ3) is 4.26. The number of benzene rings is 1.